The van der Waals surface area contributed by atoms with Crippen molar-refractivity contribution in [3.63, 3.8) is 0 Å². The lowest BCUT2D eigenvalue weighted by Gasteiger charge is -2.17. The summed E-state index contributed by atoms with van der Waals surface area (Å²) in [5, 5.41) is 2.80. The van der Waals surface area contributed by atoms with E-state index in [0.29, 0.717) is 40.7 Å². The predicted molar refractivity (Wildman–Crippen MR) is 137 cm³/mol. The molecule has 2 aliphatic rings. The third-order valence-electron chi connectivity index (χ3n) is 6.64. The molecule has 3 aromatic rings. The van der Waals surface area contributed by atoms with Crippen molar-refractivity contribution in [2.45, 2.75) is 32.8 Å². The number of imide groups is 1. The van der Waals surface area contributed by atoms with Crippen LogP contribution in [0.25, 0.3) is 0 Å². The summed E-state index contributed by atoms with van der Waals surface area (Å²) in [4.78, 5) is 39.2. The first-order chi connectivity index (χ1) is 17.9. The summed E-state index contributed by atoms with van der Waals surface area (Å²) in [6.45, 7) is 4.78. The summed E-state index contributed by atoms with van der Waals surface area (Å²) in [6.07, 6.45) is 1.68. The molecule has 1 fully saturated rings. The second-order valence-electron chi connectivity index (χ2n) is 9.22. The van der Waals surface area contributed by atoms with Gasteiger partial charge in [0.05, 0.1) is 23.8 Å². The van der Waals surface area contributed by atoms with Gasteiger partial charge < -0.3 is 19.5 Å². The number of amides is 3. The molecule has 3 aromatic carbocycles. The smallest absolute Gasteiger partial charge is 0.262 e. The zero-order chi connectivity index (χ0) is 25.9. The molecular weight excluding hydrogens is 472 g/mol. The first kappa shape index (κ1) is 24.5. The molecule has 3 amide bonds. The molecule has 0 radical (unpaired) electrons. The van der Waals surface area contributed by atoms with E-state index in [4.69, 9.17) is 14.2 Å². The zero-order valence-electron chi connectivity index (χ0n) is 20.8. The van der Waals surface area contributed by atoms with Crippen molar-refractivity contribution < 1.29 is 28.6 Å². The Kier molecular flexibility index (Phi) is 6.92. The largest absolute Gasteiger partial charge is 0.483 e. The molecule has 1 atom stereocenters. The predicted octanol–water partition coefficient (Wildman–Crippen LogP) is 4.89. The van der Waals surface area contributed by atoms with Gasteiger partial charge in [-0.25, -0.2) is 0 Å². The van der Waals surface area contributed by atoms with Crippen molar-refractivity contribution in [3.05, 3.63) is 82.9 Å². The molecule has 8 heteroatoms. The second-order valence-corrected chi connectivity index (χ2v) is 9.22. The van der Waals surface area contributed by atoms with E-state index in [9.17, 15) is 14.4 Å². The van der Waals surface area contributed by atoms with Crippen LogP contribution in [0, 0.1) is 13.8 Å². The van der Waals surface area contributed by atoms with Gasteiger partial charge in [0.25, 0.3) is 17.7 Å². The van der Waals surface area contributed by atoms with E-state index in [1.165, 1.54) is 4.90 Å². The number of hydrogen-bond donors (Lipinski definition) is 1. The lowest BCUT2D eigenvalue weighted by Crippen LogP contribution is -2.36. The molecule has 2 aliphatic heterocycles. The SMILES string of the molecule is Cc1cccc(OCC(=O)Nc2ccc(Oc3ccc4c(c3)C(=O)N(CC3CCCO3)C4=O)cc2)c1C. The zero-order valence-corrected chi connectivity index (χ0v) is 20.8. The summed E-state index contributed by atoms with van der Waals surface area (Å²) >= 11 is 0. The van der Waals surface area contributed by atoms with Gasteiger partial charge in [-0.2, -0.15) is 0 Å². The molecule has 8 nitrogen and oxygen atoms in total. The monoisotopic (exact) mass is 500 g/mol. The number of anilines is 1. The van der Waals surface area contributed by atoms with E-state index in [-0.39, 0.29) is 37.0 Å². The Hall–Kier alpha value is -4.17. The van der Waals surface area contributed by atoms with Crippen LogP contribution in [-0.2, 0) is 9.53 Å². The lowest BCUT2D eigenvalue weighted by atomic mass is 10.1. The van der Waals surface area contributed by atoms with Crippen LogP contribution in [0.2, 0.25) is 0 Å². The Morgan fingerprint density at radius 1 is 1.00 bits per heavy atom. The van der Waals surface area contributed by atoms with Crippen molar-refractivity contribution in [1.29, 1.82) is 0 Å². The minimum atomic E-state index is -0.331. The maximum Gasteiger partial charge on any atom is 0.262 e. The first-order valence-corrected chi connectivity index (χ1v) is 12.3. The third-order valence-corrected chi connectivity index (χ3v) is 6.64. The number of benzene rings is 3. The van der Waals surface area contributed by atoms with Gasteiger partial charge in [0.15, 0.2) is 6.61 Å². The number of carbonyl (C=O) groups excluding carboxylic acids is 3. The highest BCUT2D eigenvalue weighted by Gasteiger charge is 2.37. The summed E-state index contributed by atoms with van der Waals surface area (Å²) in [6, 6.07) is 17.5. The quantitative estimate of drug-likeness (QED) is 0.443. The van der Waals surface area contributed by atoms with Crippen LogP contribution in [0.4, 0.5) is 5.69 Å². The Bertz CT molecular complexity index is 1350. The molecule has 190 valence electrons. The van der Waals surface area contributed by atoms with Crippen molar-refractivity contribution in [1.82, 2.24) is 4.90 Å². The lowest BCUT2D eigenvalue weighted by molar-refractivity contribution is -0.118. The number of fused-ring (bicyclic) bond motifs is 1. The Morgan fingerprint density at radius 2 is 1.76 bits per heavy atom. The second kappa shape index (κ2) is 10.4. The van der Waals surface area contributed by atoms with E-state index in [0.717, 1.165) is 24.0 Å². The number of nitrogens with zero attached hydrogens (tertiary/aromatic N) is 1. The van der Waals surface area contributed by atoms with Crippen LogP contribution in [0.5, 0.6) is 17.2 Å². The van der Waals surface area contributed by atoms with Crippen LogP contribution >= 0.6 is 0 Å². The molecule has 1 saturated heterocycles. The molecule has 0 spiro atoms. The van der Waals surface area contributed by atoms with Crippen LogP contribution in [0.15, 0.2) is 60.7 Å². The van der Waals surface area contributed by atoms with Gasteiger partial charge in [-0.15, -0.1) is 0 Å². The third kappa shape index (κ3) is 5.34. The van der Waals surface area contributed by atoms with Crippen molar-refractivity contribution in [2.24, 2.45) is 0 Å². The number of rotatable bonds is 8. The molecule has 0 saturated carbocycles. The standard InChI is InChI=1S/C29H28N2O6/c1-18-5-3-7-26(19(18)2)36-17-27(32)30-20-8-10-21(11-9-20)37-22-12-13-24-25(15-22)29(34)31(28(24)33)16-23-6-4-14-35-23/h3,5,7-13,15,23H,4,6,14,16-17H2,1-2H3,(H,30,32). The van der Waals surface area contributed by atoms with E-state index in [1.54, 1.807) is 42.5 Å². The maximum absolute atomic E-state index is 12.9. The van der Waals surface area contributed by atoms with Crippen molar-refractivity contribution >= 4 is 23.4 Å². The Morgan fingerprint density at radius 3 is 2.51 bits per heavy atom. The molecule has 37 heavy (non-hydrogen) atoms. The summed E-state index contributed by atoms with van der Waals surface area (Å²) in [5.41, 5.74) is 3.40. The molecule has 5 rings (SSSR count). The molecule has 1 N–H and O–H groups in total. The van der Waals surface area contributed by atoms with Gasteiger partial charge in [-0.05, 0) is 86.3 Å². The van der Waals surface area contributed by atoms with E-state index in [1.807, 2.05) is 32.0 Å². The van der Waals surface area contributed by atoms with Gasteiger partial charge in [0.2, 0.25) is 0 Å². The number of nitrogens with one attached hydrogen (secondary N) is 1. The first-order valence-electron chi connectivity index (χ1n) is 12.3. The number of ether oxygens (including phenoxy) is 3. The fraction of sp³-hybridized carbons (Fsp3) is 0.276. The van der Waals surface area contributed by atoms with E-state index in [2.05, 4.69) is 5.32 Å². The fourth-order valence-electron chi connectivity index (χ4n) is 4.45. The topological polar surface area (TPSA) is 94.2 Å². The number of carbonyl (C=O) groups is 3. The molecule has 1 unspecified atom stereocenters. The van der Waals surface area contributed by atoms with Crippen LogP contribution < -0.4 is 14.8 Å². The van der Waals surface area contributed by atoms with Crippen molar-refractivity contribution in [3.8, 4) is 17.2 Å². The molecular formula is C29H28N2O6. The maximum atomic E-state index is 12.9. The van der Waals surface area contributed by atoms with Gasteiger partial charge in [-0.1, -0.05) is 12.1 Å². The van der Waals surface area contributed by atoms with Crippen molar-refractivity contribution in [2.75, 3.05) is 25.1 Å². The van der Waals surface area contributed by atoms with Crippen LogP contribution in [-0.4, -0.2) is 48.5 Å². The fourth-order valence-corrected chi connectivity index (χ4v) is 4.45. The highest BCUT2D eigenvalue weighted by atomic mass is 16.5. The molecule has 0 aliphatic carbocycles. The average Bonchev–Trinajstić information content (AvgIpc) is 3.49. The van der Waals surface area contributed by atoms with Gasteiger partial charge in [0, 0.05) is 12.3 Å². The summed E-state index contributed by atoms with van der Waals surface area (Å²) in [7, 11) is 0. The Balaban J connectivity index is 1.18. The van der Waals surface area contributed by atoms with Crippen LogP contribution in [0.3, 0.4) is 0 Å². The molecule has 2 heterocycles. The van der Waals surface area contributed by atoms with Gasteiger partial charge in [-0.3, -0.25) is 19.3 Å². The molecule has 0 aromatic heterocycles. The number of hydrogen-bond acceptors (Lipinski definition) is 6. The van der Waals surface area contributed by atoms with Crippen LogP contribution in [0.1, 0.15) is 44.7 Å². The van der Waals surface area contributed by atoms with Gasteiger partial charge >= 0.3 is 0 Å². The Labute approximate surface area is 215 Å². The number of aryl methyl sites for hydroxylation is 1. The highest BCUT2D eigenvalue weighted by molar-refractivity contribution is 6.21. The minimum Gasteiger partial charge on any atom is -0.483 e. The van der Waals surface area contributed by atoms with Gasteiger partial charge in [0.1, 0.15) is 17.2 Å². The minimum absolute atomic E-state index is 0.102. The summed E-state index contributed by atoms with van der Waals surface area (Å²) in [5.74, 6) is 0.744. The molecule has 0 bridgehead atoms. The summed E-state index contributed by atoms with van der Waals surface area (Å²) < 4.78 is 17.1. The normalized spacial score (nSPS) is 16.6. The average molecular weight is 501 g/mol. The van der Waals surface area contributed by atoms with E-state index < -0.39 is 0 Å². The highest BCUT2D eigenvalue weighted by Crippen LogP contribution is 2.31. The van der Waals surface area contributed by atoms with E-state index >= 15 is 0 Å².